The Morgan fingerprint density at radius 3 is 2.35 bits per heavy atom. The summed E-state index contributed by atoms with van der Waals surface area (Å²) in [7, 11) is -0.299. The van der Waals surface area contributed by atoms with Gasteiger partial charge in [-0.3, -0.25) is 9.59 Å². The molecule has 10 heteroatoms. The van der Waals surface area contributed by atoms with Gasteiger partial charge < -0.3 is 14.4 Å². The third kappa shape index (κ3) is 6.49. The van der Waals surface area contributed by atoms with Crippen molar-refractivity contribution in [2.24, 2.45) is 0 Å². The lowest BCUT2D eigenvalue weighted by molar-refractivity contribution is -0.132. The van der Waals surface area contributed by atoms with Gasteiger partial charge in [0.05, 0.1) is 13.7 Å². The van der Waals surface area contributed by atoms with Crippen LogP contribution in [0, 0.1) is 0 Å². The van der Waals surface area contributed by atoms with Crippen LogP contribution in [0.5, 0.6) is 11.5 Å². The molecule has 0 aromatic heterocycles. The highest BCUT2D eigenvalue weighted by molar-refractivity contribution is 7.86. The summed E-state index contributed by atoms with van der Waals surface area (Å²) in [6, 6.07) is 5.10. The molecular formula is C24H37N3O6S. The Labute approximate surface area is 203 Å². The van der Waals surface area contributed by atoms with Gasteiger partial charge in [-0.25, -0.2) is 0 Å². The molecule has 0 bridgehead atoms. The molecule has 190 valence electrons. The smallest absolute Gasteiger partial charge is 0.282 e. The number of Topliss-reactive ketones (excluding diaryl/α,β-unsaturated/α-hetero) is 1. The molecule has 1 saturated carbocycles. The van der Waals surface area contributed by atoms with E-state index < -0.39 is 10.2 Å². The standard InChI is InChI=1S/C24H37N3O6S/c1-19(28)20-11-12-22(23(18-20)32-3)33-17-7-10-24(29)26-13-15-27(16-14-26)34(30,31)25(2)21-8-5-4-6-9-21/h11-12,18,21H,4-10,13-17H2,1-3H3. The minimum Gasteiger partial charge on any atom is -0.493 e. The monoisotopic (exact) mass is 495 g/mol. The Bertz CT molecular complexity index is 953. The minimum absolute atomic E-state index is 0.000163. The van der Waals surface area contributed by atoms with Crippen molar-refractivity contribution >= 4 is 21.9 Å². The Hall–Kier alpha value is -2.17. The van der Waals surface area contributed by atoms with Crippen LogP contribution in [-0.2, 0) is 15.0 Å². The average molecular weight is 496 g/mol. The SMILES string of the molecule is COc1cc(C(C)=O)ccc1OCCCC(=O)N1CCN(S(=O)(=O)N(C)C2CCCCC2)CC1. The second kappa shape index (κ2) is 12.0. The Kier molecular flexibility index (Phi) is 9.32. The lowest BCUT2D eigenvalue weighted by Crippen LogP contribution is -2.55. The first-order valence-corrected chi connectivity index (χ1v) is 13.5. The molecule has 3 rings (SSSR count). The van der Waals surface area contributed by atoms with Crippen molar-refractivity contribution in [3.63, 3.8) is 0 Å². The van der Waals surface area contributed by atoms with E-state index >= 15 is 0 Å². The van der Waals surface area contributed by atoms with Gasteiger partial charge in [-0.2, -0.15) is 17.0 Å². The van der Waals surface area contributed by atoms with E-state index in [1.807, 2.05) is 0 Å². The topological polar surface area (TPSA) is 96.5 Å². The van der Waals surface area contributed by atoms with Crippen molar-refractivity contribution < 1.29 is 27.5 Å². The summed E-state index contributed by atoms with van der Waals surface area (Å²) in [5.74, 6) is 0.958. The third-order valence-electron chi connectivity index (χ3n) is 6.73. The Balaban J connectivity index is 1.42. The molecule has 1 aromatic carbocycles. The maximum absolute atomic E-state index is 13.0. The van der Waals surface area contributed by atoms with Crippen molar-refractivity contribution in [3.8, 4) is 11.5 Å². The number of rotatable bonds is 10. The van der Waals surface area contributed by atoms with E-state index in [1.165, 1.54) is 29.1 Å². The van der Waals surface area contributed by atoms with E-state index in [0.717, 1.165) is 25.7 Å². The average Bonchev–Trinajstić information content (AvgIpc) is 2.86. The summed E-state index contributed by atoms with van der Waals surface area (Å²) >= 11 is 0. The van der Waals surface area contributed by atoms with Gasteiger partial charge in [0.1, 0.15) is 0 Å². The number of amides is 1. The molecule has 2 aliphatic rings. The second-order valence-corrected chi connectivity index (χ2v) is 11.0. The molecule has 2 fully saturated rings. The van der Waals surface area contributed by atoms with Crippen LogP contribution in [0.3, 0.4) is 0 Å². The molecule has 1 aromatic rings. The minimum atomic E-state index is -3.50. The van der Waals surface area contributed by atoms with Gasteiger partial charge in [-0.15, -0.1) is 0 Å². The molecule has 0 atom stereocenters. The van der Waals surface area contributed by atoms with Crippen molar-refractivity contribution in [2.45, 2.75) is 57.9 Å². The molecule has 1 heterocycles. The summed E-state index contributed by atoms with van der Waals surface area (Å²) in [6.07, 6.45) is 6.02. The van der Waals surface area contributed by atoms with Gasteiger partial charge in [0, 0.05) is 51.3 Å². The molecule has 0 spiro atoms. The van der Waals surface area contributed by atoms with E-state index in [4.69, 9.17) is 9.47 Å². The highest BCUT2D eigenvalue weighted by Gasteiger charge is 2.35. The second-order valence-electron chi connectivity index (χ2n) is 8.97. The van der Waals surface area contributed by atoms with E-state index in [-0.39, 0.29) is 17.7 Å². The number of carbonyl (C=O) groups is 2. The molecule has 1 saturated heterocycles. The molecule has 0 N–H and O–H groups in total. The maximum Gasteiger partial charge on any atom is 0.282 e. The van der Waals surface area contributed by atoms with Crippen molar-refractivity contribution in [2.75, 3.05) is 46.9 Å². The number of hydrogen-bond donors (Lipinski definition) is 0. The quantitative estimate of drug-likeness (QED) is 0.366. The number of carbonyl (C=O) groups excluding carboxylic acids is 2. The molecular weight excluding hydrogens is 458 g/mol. The number of hydrogen-bond acceptors (Lipinski definition) is 6. The van der Waals surface area contributed by atoms with Crippen LogP contribution in [0.25, 0.3) is 0 Å². The zero-order valence-corrected chi connectivity index (χ0v) is 21.3. The number of benzene rings is 1. The van der Waals surface area contributed by atoms with Gasteiger partial charge in [0.15, 0.2) is 17.3 Å². The zero-order chi connectivity index (χ0) is 24.7. The fourth-order valence-electron chi connectivity index (χ4n) is 4.55. The molecule has 9 nitrogen and oxygen atoms in total. The number of ketones is 1. The van der Waals surface area contributed by atoms with Crippen LogP contribution in [0.15, 0.2) is 18.2 Å². The number of methoxy groups -OCH3 is 1. The van der Waals surface area contributed by atoms with Crippen LogP contribution in [0.1, 0.15) is 62.2 Å². The maximum atomic E-state index is 13.0. The van der Waals surface area contributed by atoms with Crippen molar-refractivity contribution in [1.82, 2.24) is 13.5 Å². The zero-order valence-electron chi connectivity index (χ0n) is 20.5. The summed E-state index contributed by atoms with van der Waals surface area (Å²) in [5, 5.41) is 0. The first-order valence-electron chi connectivity index (χ1n) is 12.1. The van der Waals surface area contributed by atoms with Crippen LogP contribution in [0.4, 0.5) is 0 Å². The van der Waals surface area contributed by atoms with Gasteiger partial charge >= 0.3 is 0 Å². The normalized spacial score (nSPS) is 18.2. The van der Waals surface area contributed by atoms with Gasteiger partial charge in [-0.05, 0) is 44.4 Å². The van der Waals surface area contributed by atoms with Crippen LogP contribution in [0.2, 0.25) is 0 Å². The van der Waals surface area contributed by atoms with Gasteiger partial charge in [0.25, 0.3) is 10.2 Å². The molecule has 1 aliphatic carbocycles. The number of piperazine rings is 1. The summed E-state index contributed by atoms with van der Waals surface area (Å²) in [5.41, 5.74) is 0.547. The molecule has 1 aliphatic heterocycles. The summed E-state index contributed by atoms with van der Waals surface area (Å²) in [6.45, 7) is 3.27. The predicted molar refractivity (Wildman–Crippen MR) is 129 cm³/mol. The predicted octanol–water partition coefficient (Wildman–Crippen LogP) is 2.71. The van der Waals surface area contributed by atoms with E-state index in [1.54, 1.807) is 30.1 Å². The first-order chi connectivity index (χ1) is 16.2. The summed E-state index contributed by atoms with van der Waals surface area (Å²) in [4.78, 5) is 25.9. The highest BCUT2D eigenvalue weighted by atomic mass is 32.2. The molecule has 0 unspecified atom stereocenters. The van der Waals surface area contributed by atoms with Gasteiger partial charge in [-0.1, -0.05) is 19.3 Å². The van der Waals surface area contributed by atoms with Crippen molar-refractivity contribution in [1.29, 1.82) is 0 Å². The van der Waals surface area contributed by atoms with E-state index in [9.17, 15) is 18.0 Å². The lowest BCUT2D eigenvalue weighted by Gasteiger charge is -2.38. The molecule has 1 amide bonds. The molecule has 34 heavy (non-hydrogen) atoms. The largest absolute Gasteiger partial charge is 0.493 e. The van der Waals surface area contributed by atoms with Crippen molar-refractivity contribution in [3.05, 3.63) is 23.8 Å². The fraction of sp³-hybridized carbons (Fsp3) is 0.667. The number of nitrogens with zero attached hydrogens (tertiary/aromatic N) is 3. The van der Waals surface area contributed by atoms with E-state index in [0.29, 0.717) is 62.7 Å². The Morgan fingerprint density at radius 1 is 1.06 bits per heavy atom. The van der Waals surface area contributed by atoms with Crippen LogP contribution in [-0.4, -0.2) is 86.6 Å². The summed E-state index contributed by atoms with van der Waals surface area (Å²) < 4.78 is 40.1. The van der Waals surface area contributed by atoms with Crippen LogP contribution < -0.4 is 9.47 Å². The number of ether oxygens (including phenoxy) is 2. The van der Waals surface area contributed by atoms with Crippen LogP contribution >= 0.6 is 0 Å². The fourth-order valence-corrected chi connectivity index (χ4v) is 6.13. The molecule has 0 radical (unpaired) electrons. The van der Waals surface area contributed by atoms with Gasteiger partial charge in [0.2, 0.25) is 5.91 Å². The Morgan fingerprint density at radius 2 is 1.74 bits per heavy atom. The lowest BCUT2D eigenvalue weighted by atomic mass is 9.96. The third-order valence-corrected chi connectivity index (χ3v) is 8.78. The first kappa shape index (κ1) is 26.4. The van der Waals surface area contributed by atoms with E-state index in [2.05, 4.69) is 0 Å². The highest BCUT2D eigenvalue weighted by Crippen LogP contribution is 2.28.